The van der Waals surface area contributed by atoms with Crippen LogP contribution in [0.25, 0.3) is 0 Å². The van der Waals surface area contributed by atoms with Gasteiger partial charge in [0, 0.05) is 12.2 Å². The molecule has 6 heteroatoms. The lowest BCUT2D eigenvalue weighted by Gasteiger charge is -2.36. The number of hydrogen-bond donors (Lipinski definition) is 1. The second-order valence-electron chi connectivity index (χ2n) is 6.81. The summed E-state index contributed by atoms with van der Waals surface area (Å²) in [5.74, 6) is -1.60. The first-order valence-corrected chi connectivity index (χ1v) is 8.29. The van der Waals surface area contributed by atoms with Gasteiger partial charge in [0.25, 0.3) is 0 Å². The third-order valence-corrected chi connectivity index (χ3v) is 4.77. The average molecular weight is 342 g/mol. The van der Waals surface area contributed by atoms with Crippen LogP contribution < -0.4 is 5.32 Å². The Bertz CT molecular complexity index is 590. The molecular formula is C18H25F3N2O. The van der Waals surface area contributed by atoms with Crippen LogP contribution in [0.1, 0.15) is 36.5 Å². The van der Waals surface area contributed by atoms with Crippen LogP contribution in [0.15, 0.2) is 12.1 Å². The summed E-state index contributed by atoms with van der Waals surface area (Å²) in [4.78, 5) is 14.2. The van der Waals surface area contributed by atoms with Crippen LogP contribution in [-0.2, 0) is 4.79 Å². The van der Waals surface area contributed by atoms with Gasteiger partial charge in [0.1, 0.15) is 0 Å². The molecule has 1 aliphatic heterocycles. The molecule has 0 bridgehead atoms. The molecule has 1 fully saturated rings. The molecule has 0 radical (unpaired) electrons. The molecule has 0 unspecified atom stereocenters. The van der Waals surface area contributed by atoms with E-state index in [2.05, 4.69) is 5.32 Å². The first-order chi connectivity index (χ1) is 11.1. The van der Waals surface area contributed by atoms with Gasteiger partial charge in [-0.25, -0.2) is 0 Å². The number of benzene rings is 1. The van der Waals surface area contributed by atoms with Crippen LogP contribution in [0, 0.1) is 26.7 Å². The summed E-state index contributed by atoms with van der Waals surface area (Å²) in [5.41, 5.74) is 3.78. The number of likely N-dealkylation sites (tertiary alicyclic amines) is 1. The predicted molar refractivity (Wildman–Crippen MR) is 89.1 cm³/mol. The summed E-state index contributed by atoms with van der Waals surface area (Å²) >= 11 is 0. The molecule has 1 aromatic rings. The normalized spacial score (nSPS) is 20.7. The number of nitrogens with zero attached hydrogens (tertiary/aromatic N) is 1. The molecule has 1 aromatic carbocycles. The van der Waals surface area contributed by atoms with E-state index in [1.165, 1.54) is 0 Å². The van der Waals surface area contributed by atoms with Crippen LogP contribution in [0.4, 0.5) is 18.9 Å². The molecule has 1 heterocycles. The monoisotopic (exact) mass is 342 g/mol. The number of carbonyl (C=O) groups is 1. The fraction of sp³-hybridized carbons (Fsp3) is 0.611. The van der Waals surface area contributed by atoms with E-state index < -0.39 is 18.1 Å². The van der Waals surface area contributed by atoms with E-state index >= 15 is 0 Å². The predicted octanol–water partition coefficient (Wildman–Crippen LogP) is 4.21. The molecule has 0 aliphatic carbocycles. The van der Waals surface area contributed by atoms with E-state index in [9.17, 15) is 18.0 Å². The van der Waals surface area contributed by atoms with Crippen LogP contribution in [0.5, 0.6) is 0 Å². The van der Waals surface area contributed by atoms with Crippen LogP contribution in [0.2, 0.25) is 0 Å². The summed E-state index contributed by atoms with van der Waals surface area (Å²) in [7, 11) is 0. The number of nitrogens with one attached hydrogen (secondary N) is 1. The van der Waals surface area contributed by atoms with Gasteiger partial charge in [0.05, 0.1) is 12.0 Å². The van der Waals surface area contributed by atoms with Gasteiger partial charge in [-0.2, -0.15) is 13.2 Å². The first kappa shape index (κ1) is 18.8. The highest BCUT2D eigenvalue weighted by Gasteiger charge is 2.43. The quantitative estimate of drug-likeness (QED) is 0.892. The maximum absolute atomic E-state index is 12.9. The summed E-state index contributed by atoms with van der Waals surface area (Å²) in [6.07, 6.45) is -3.59. The van der Waals surface area contributed by atoms with Crippen molar-refractivity contribution in [3.63, 3.8) is 0 Å². The summed E-state index contributed by atoms with van der Waals surface area (Å²) in [5, 5.41) is 2.89. The van der Waals surface area contributed by atoms with Gasteiger partial charge in [0.15, 0.2) is 0 Å². The number of carbonyl (C=O) groups excluding carboxylic acids is 1. The number of halogens is 3. The van der Waals surface area contributed by atoms with Gasteiger partial charge in [-0.05, 0) is 58.2 Å². The molecule has 2 rings (SSSR count). The van der Waals surface area contributed by atoms with Crippen molar-refractivity contribution in [2.75, 3.05) is 18.4 Å². The van der Waals surface area contributed by atoms with Gasteiger partial charge in [-0.1, -0.05) is 17.7 Å². The Kier molecular flexibility index (Phi) is 5.58. The maximum atomic E-state index is 12.9. The maximum Gasteiger partial charge on any atom is 0.393 e. The summed E-state index contributed by atoms with van der Waals surface area (Å²) in [6, 6.07) is 3.37. The van der Waals surface area contributed by atoms with Crippen molar-refractivity contribution in [1.82, 2.24) is 4.90 Å². The molecule has 1 amide bonds. The van der Waals surface area contributed by atoms with E-state index in [1.807, 2.05) is 32.9 Å². The van der Waals surface area contributed by atoms with E-state index in [-0.39, 0.29) is 18.9 Å². The molecular weight excluding hydrogens is 317 g/mol. The van der Waals surface area contributed by atoms with Gasteiger partial charge >= 0.3 is 6.18 Å². The molecule has 2 atom stereocenters. The zero-order chi connectivity index (χ0) is 18.1. The Hall–Kier alpha value is -1.56. The van der Waals surface area contributed by atoms with Crippen molar-refractivity contribution in [3.8, 4) is 0 Å². The minimum atomic E-state index is -4.20. The number of anilines is 1. The molecule has 0 spiro atoms. The van der Waals surface area contributed by atoms with E-state index in [1.54, 1.807) is 11.8 Å². The van der Waals surface area contributed by atoms with Crippen molar-refractivity contribution in [3.05, 3.63) is 28.8 Å². The molecule has 24 heavy (non-hydrogen) atoms. The van der Waals surface area contributed by atoms with Crippen molar-refractivity contribution >= 4 is 11.6 Å². The van der Waals surface area contributed by atoms with Gasteiger partial charge in [0.2, 0.25) is 5.91 Å². The van der Waals surface area contributed by atoms with Crippen LogP contribution >= 0.6 is 0 Å². The lowest BCUT2D eigenvalue weighted by atomic mass is 9.96. The largest absolute Gasteiger partial charge is 0.393 e. The van der Waals surface area contributed by atoms with Gasteiger partial charge in [-0.15, -0.1) is 0 Å². The zero-order valence-corrected chi connectivity index (χ0v) is 14.6. The average Bonchev–Trinajstić information content (AvgIpc) is 2.49. The van der Waals surface area contributed by atoms with E-state index in [4.69, 9.17) is 0 Å². The topological polar surface area (TPSA) is 32.3 Å². The van der Waals surface area contributed by atoms with E-state index in [0.29, 0.717) is 13.0 Å². The highest BCUT2D eigenvalue weighted by molar-refractivity contribution is 5.96. The fourth-order valence-corrected chi connectivity index (χ4v) is 3.40. The second kappa shape index (κ2) is 7.13. The Morgan fingerprint density at radius 1 is 1.25 bits per heavy atom. The lowest BCUT2D eigenvalue weighted by molar-refractivity contribution is -0.188. The smallest absolute Gasteiger partial charge is 0.324 e. The van der Waals surface area contributed by atoms with E-state index in [0.717, 1.165) is 22.4 Å². The fourth-order valence-electron chi connectivity index (χ4n) is 3.40. The Morgan fingerprint density at radius 2 is 1.83 bits per heavy atom. The molecule has 0 aromatic heterocycles. The standard InChI is InChI=1S/C18H25F3N2O/c1-11-8-12(2)16(13(3)9-11)22-17(24)14(4)23-7-5-6-15(10-23)18(19,20)21/h8-9,14-15H,5-7,10H2,1-4H3,(H,22,24)/t14-,15+/m1/s1. The zero-order valence-electron chi connectivity index (χ0n) is 14.6. The SMILES string of the molecule is Cc1cc(C)c(NC(=O)[C@@H](C)N2CCC[C@H](C(F)(F)F)C2)c(C)c1. The number of rotatable bonds is 3. The number of hydrogen-bond acceptors (Lipinski definition) is 2. The molecule has 0 saturated carbocycles. The molecule has 1 N–H and O–H groups in total. The van der Waals surface area contributed by atoms with Crippen LogP contribution in [-0.4, -0.2) is 36.1 Å². The number of aryl methyl sites for hydroxylation is 3. The van der Waals surface area contributed by atoms with Crippen molar-refractivity contribution in [2.45, 2.75) is 52.8 Å². The summed E-state index contributed by atoms with van der Waals surface area (Å²) < 4.78 is 38.8. The minimum absolute atomic E-state index is 0.107. The Balaban J connectivity index is 2.07. The molecule has 1 aliphatic rings. The minimum Gasteiger partial charge on any atom is -0.324 e. The third-order valence-electron chi connectivity index (χ3n) is 4.77. The second-order valence-corrected chi connectivity index (χ2v) is 6.81. The highest BCUT2D eigenvalue weighted by Crippen LogP contribution is 2.34. The lowest BCUT2D eigenvalue weighted by Crippen LogP contribution is -2.49. The first-order valence-electron chi connectivity index (χ1n) is 8.29. The van der Waals surface area contributed by atoms with Crippen molar-refractivity contribution in [1.29, 1.82) is 0 Å². The van der Waals surface area contributed by atoms with Crippen molar-refractivity contribution in [2.24, 2.45) is 5.92 Å². The van der Waals surface area contributed by atoms with Crippen LogP contribution in [0.3, 0.4) is 0 Å². The molecule has 134 valence electrons. The number of alkyl halides is 3. The Labute approximate surface area is 141 Å². The van der Waals surface area contributed by atoms with Gasteiger partial charge < -0.3 is 5.32 Å². The number of piperidine rings is 1. The Morgan fingerprint density at radius 3 is 2.38 bits per heavy atom. The highest BCUT2D eigenvalue weighted by atomic mass is 19.4. The molecule has 1 saturated heterocycles. The third kappa shape index (κ3) is 4.29. The molecule has 3 nitrogen and oxygen atoms in total. The van der Waals surface area contributed by atoms with Crippen molar-refractivity contribution < 1.29 is 18.0 Å². The van der Waals surface area contributed by atoms with Gasteiger partial charge in [-0.3, -0.25) is 9.69 Å². The summed E-state index contributed by atoms with van der Waals surface area (Å²) in [6.45, 7) is 7.91. The number of amides is 1.